The summed E-state index contributed by atoms with van der Waals surface area (Å²) in [5.74, 6) is -0.156. The van der Waals surface area contributed by atoms with Crippen molar-refractivity contribution in [2.24, 2.45) is 0 Å². The summed E-state index contributed by atoms with van der Waals surface area (Å²) >= 11 is 0. The molecule has 0 aliphatic heterocycles. The van der Waals surface area contributed by atoms with Crippen LogP contribution in [0.15, 0.2) is 120 Å². The largest absolute Gasteiger partial charge is 0.506 e. The highest BCUT2D eigenvalue weighted by Gasteiger charge is 2.40. The van der Waals surface area contributed by atoms with Gasteiger partial charge >= 0.3 is 0 Å². The first kappa shape index (κ1) is 30.4. The van der Waals surface area contributed by atoms with Gasteiger partial charge in [0.2, 0.25) is 5.78 Å². The van der Waals surface area contributed by atoms with Gasteiger partial charge in [-0.25, -0.2) is 4.58 Å². The Balaban J connectivity index is 1.73. The Kier molecular flexibility index (Phi) is 8.45. The van der Waals surface area contributed by atoms with E-state index in [1.54, 1.807) is 0 Å². The van der Waals surface area contributed by atoms with Crippen LogP contribution in [0, 0.1) is 0 Å². The van der Waals surface area contributed by atoms with Crippen molar-refractivity contribution in [3.05, 3.63) is 136 Å². The number of carbonyl (C=O) groups excluding carboxylic acids is 1. The van der Waals surface area contributed by atoms with Crippen molar-refractivity contribution in [3.8, 4) is 0 Å². The highest BCUT2D eigenvalue weighted by Crippen LogP contribution is 2.45. The molecule has 0 amide bonds. The second-order valence-corrected chi connectivity index (χ2v) is 11.9. The van der Waals surface area contributed by atoms with E-state index >= 15 is 0 Å². The minimum Gasteiger partial charge on any atom is -0.506 e. The average molecular weight is 586 g/mol. The van der Waals surface area contributed by atoms with E-state index in [1.165, 1.54) is 0 Å². The molecule has 0 heterocycles. The molecule has 2 aliphatic rings. The molecule has 0 saturated heterocycles. The summed E-state index contributed by atoms with van der Waals surface area (Å²) in [5.41, 5.74) is 9.81. The predicted molar refractivity (Wildman–Crippen MR) is 185 cm³/mol. The van der Waals surface area contributed by atoms with E-state index in [1.807, 2.05) is 173 Å². The molecule has 0 bridgehead atoms. The Morgan fingerprint density at radius 1 is 0.568 bits per heavy atom. The van der Waals surface area contributed by atoms with Gasteiger partial charge in [0, 0.05) is 82.6 Å². The van der Waals surface area contributed by atoms with Gasteiger partial charge in [-0.05, 0) is 70.8 Å². The summed E-state index contributed by atoms with van der Waals surface area (Å²) in [5, 5.41) is 11.8. The van der Waals surface area contributed by atoms with Gasteiger partial charge in [-0.2, -0.15) is 0 Å². The Morgan fingerprint density at radius 3 is 1.25 bits per heavy atom. The van der Waals surface area contributed by atoms with Crippen LogP contribution in [0.5, 0.6) is 0 Å². The number of aliphatic hydroxyl groups excluding tert-OH is 1. The summed E-state index contributed by atoms with van der Waals surface area (Å²) < 4.78 is 2.04. The summed E-state index contributed by atoms with van der Waals surface area (Å²) in [7, 11) is 16.0. The Labute approximate surface area is 261 Å². The number of hydrogen-bond acceptors (Lipinski definition) is 5. The van der Waals surface area contributed by atoms with E-state index in [2.05, 4.69) is 0 Å². The molecule has 0 fully saturated rings. The molecule has 1 N–H and O–H groups in total. The first-order chi connectivity index (χ1) is 21.0. The van der Waals surface area contributed by atoms with Crippen molar-refractivity contribution >= 4 is 39.7 Å². The molecule has 3 aromatic carbocycles. The molecule has 3 aromatic rings. The van der Waals surface area contributed by atoms with E-state index in [-0.39, 0.29) is 11.5 Å². The molecule has 2 aliphatic carbocycles. The number of carbonyl (C=O) groups is 1. The average Bonchev–Trinajstić information content (AvgIpc) is 3.02. The molecular weight excluding hydrogens is 544 g/mol. The van der Waals surface area contributed by atoms with Crippen LogP contribution in [0.2, 0.25) is 0 Å². The molecule has 44 heavy (non-hydrogen) atoms. The van der Waals surface area contributed by atoms with Crippen molar-refractivity contribution in [1.29, 1.82) is 0 Å². The smallest absolute Gasteiger partial charge is 0.201 e. The summed E-state index contributed by atoms with van der Waals surface area (Å²) in [6.07, 6.45) is 8.09. The van der Waals surface area contributed by atoms with E-state index in [9.17, 15) is 9.90 Å². The van der Waals surface area contributed by atoms with Crippen molar-refractivity contribution in [1.82, 2.24) is 0 Å². The van der Waals surface area contributed by atoms with Gasteiger partial charge < -0.3 is 19.8 Å². The van der Waals surface area contributed by atoms with Crippen LogP contribution < -0.4 is 14.7 Å². The molecule has 0 spiro atoms. The van der Waals surface area contributed by atoms with Crippen LogP contribution in [-0.4, -0.2) is 77.6 Å². The lowest BCUT2D eigenvalue weighted by atomic mass is 9.74. The standard InChI is InChI=1S/C38H40N4O2/c1-39(2)29-17-9-25(10-18-29)33(26-11-19-30(20-12-26)40(3)4)35-37(43)36(38(35)44)34(27-13-21-31(22-14-27)41(5)6)28-15-23-32(24-16-28)42(7)8/h9-24H,1-8H3/p+1. The number of allylic oxidation sites excluding steroid dienone is 8. The van der Waals surface area contributed by atoms with E-state index in [4.69, 9.17) is 0 Å². The molecule has 6 nitrogen and oxygen atoms in total. The number of hydrogen-bond donors (Lipinski definition) is 1. The van der Waals surface area contributed by atoms with Crippen LogP contribution in [0.1, 0.15) is 16.7 Å². The number of rotatable bonds is 7. The van der Waals surface area contributed by atoms with Gasteiger partial charge in [0.15, 0.2) is 5.71 Å². The molecule has 224 valence electrons. The zero-order chi connectivity index (χ0) is 31.7. The minimum atomic E-state index is -0.172. The van der Waals surface area contributed by atoms with Crippen LogP contribution in [0.25, 0.3) is 11.1 Å². The fourth-order valence-electron chi connectivity index (χ4n) is 5.48. The van der Waals surface area contributed by atoms with Gasteiger partial charge in [0.05, 0.1) is 11.1 Å². The lowest BCUT2D eigenvalue weighted by Gasteiger charge is -2.28. The summed E-state index contributed by atoms with van der Waals surface area (Å²) in [6.45, 7) is 0. The van der Waals surface area contributed by atoms with Gasteiger partial charge in [-0.15, -0.1) is 0 Å². The zero-order valence-corrected chi connectivity index (χ0v) is 26.9. The number of Topliss-reactive ketones (excluding diaryl/α,β-unsaturated/α-hetero) is 1. The SMILES string of the molecule is CN(C)c1ccc(C(=C2C=CC(=[N+](C)C)C=C2)C2=C(O)C(=C(c3ccc(N(C)C)cc3)c3ccc(N(C)C)cc3)C2=O)cc1. The van der Waals surface area contributed by atoms with Crippen LogP contribution >= 0.6 is 0 Å². The third-order valence-corrected chi connectivity index (χ3v) is 8.12. The maximum atomic E-state index is 14.3. The molecule has 0 atom stereocenters. The number of benzene rings is 3. The monoisotopic (exact) mass is 585 g/mol. The van der Waals surface area contributed by atoms with Crippen molar-refractivity contribution in [2.45, 2.75) is 0 Å². The van der Waals surface area contributed by atoms with E-state index in [0.717, 1.165) is 56.2 Å². The Hall–Kier alpha value is -5.10. The molecule has 6 heteroatoms. The third-order valence-electron chi connectivity index (χ3n) is 8.12. The normalized spacial score (nSPS) is 14.1. The number of aliphatic hydroxyl groups is 1. The summed E-state index contributed by atoms with van der Waals surface area (Å²) in [6, 6.07) is 24.3. The predicted octanol–water partition coefficient (Wildman–Crippen LogP) is 6.37. The van der Waals surface area contributed by atoms with Gasteiger partial charge in [-0.1, -0.05) is 36.4 Å². The maximum absolute atomic E-state index is 14.3. The van der Waals surface area contributed by atoms with Crippen molar-refractivity contribution < 1.29 is 14.5 Å². The molecule has 0 unspecified atom stereocenters. The zero-order valence-electron chi connectivity index (χ0n) is 26.9. The van der Waals surface area contributed by atoms with Crippen molar-refractivity contribution in [3.63, 3.8) is 0 Å². The topological polar surface area (TPSA) is 50.0 Å². The molecule has 0 radical (unpaired) electrons. The number of ketones is 1. The quantitative estimate of drug-likeness (QED) is 0.258. The molecule has 0 saturated carbocycles. The molecule has 0 aromatic heterocycles. The highest BCUT2D eigenvalue weighted by molar-refractivity contribution is 6.32. The van der Waals surface area contributed by atoms with E-state index < -0.39 is 0 Å². The first-order valence-electron chi connectivity index (χ1n) is 14.7. The molecule has 5 rings (SSSR count). The highest BCUT2D eigenvalue weighted by atomic mass is 16.3. The van der Waals surface area contributed by atoms with E-state index in [0.29, 0.717) is 11.1 Å². The molecular formula is C38H41N4O2+. The second-order valence-electron chi connectivity index (χ2n) is 11.9. The van der Waals surface area contributed by atoms with Gasteiger partial charge in [0.1, 0.15) is 19.9 Å². The summed E-state index contributed by atoms with van der Waals surface area (Å²) in [4.78, 5) is 20.4. The number of anilines is 3. The lowest BCUT2D eigenvalue weighted by Crippen LogP contribution is -2.26. The van der Waals surface area contributed by atoms with Crippen LogP contribution in [-0.2, 0) is 4.79 Å². The fourth-order valence-corrected chi connectivity index (χ4v) is 5.48. The Morgan fingerprint density at radius 2 is 0.932 bits per heavy atom. The third kappa shape index (κ3) is 5.76. The van der Waals surface area contributed by atoms with Gasteiger partial charge in [-0.3, -0.25) is 4.79 Å². The lowest BCUT2D eigenvalue weighted by molar-refractivity contribution is -0.462. The van der Waals surface area contributed by atoms with Crippen LogP contribution in [0.3, 0.4) is 0 Å². The second kappa shape index (κ2) is 12.3. The maximum Gasteiger partial charge on any atom is 0.201 e. The van der Waals surface area contributed by atoms with Crippen molar-refractivity contribution in [2.75, 3.05) is 71.1 Å². The minimum absolute atomic E-state index is 0.0155. The Bertz CT molecular complexity index is 1700. The first-order valence-corrected chi connectivity index (χ1v) is 14.7. The number of nitrogens with zero attached hydrogens (tertiary/aromatic N) is 4. The van der Waals surface area contributed by atoms with Crippen LogP contribution in [0.4, 0.5) is 17.1 Å². The fraction of sp³-hybridized carbons (Fsp3) is 0.211. The van der Waals surface area contributed by atoms with Gasteiger partial charge in [0.25, 0.3) is 0 Å².